The van der Waals surface area contributed by atoms with Crippen molar-refractivity contribution in [3.63, 3.8) is 0 Å². The van der Waals surface area contributed by atoms with Crippen molar-refractivity contribution >= 4 is 20.0 Å². The van der Waals surface area contributed by atoms with E-state index >= 15 is 0 Å². The van der Waals surface area contributed by atoms with Gasteiger partial charge in [-0.2, -0.15) is 0 Å². The van der Waals surface area contributed by atoms with E-state index in [0.29, 0.717) is 0 Å². The molecule has 0 aliphatic heterocycles. The van der Waals surface area contributed by atoms with Gasteiger partial charge in [-0.15, -0.1) is 0 Å². The fourth-order valence-corrected chi connectivity index (χ4v) is 0.648. The van der Waals surface area contributed by atoms with Crippen molar-refractivity contribution in [3.05, 3.63) is 5.21 Å². The van der Waals surface area contributed by atoms with Crippen molar-refractivity contribution in [2.45, 2.75) is 6.92 Å². The number of rotatable bonds is 1. The monoisotopic (exact) mass is 224 g/mol. The van der Waals surface area contributed by atoms with Gasteiger partial charge in [-0.3, -0.25) is 0 Å². The summed E-state index contributed by atoms with van der Waals surface area (Å²) in [6.45, 7) is 1.69. The Hall–Kier alpha value is 0.0534. The Morgan fingerprint density at radius 3 is 2.62 bits per heavy atom. The Bertz CT molecular complexity index is 129. The molecule has 1 N–H and O–H groups in total. The number of hydrogen-bond donors (Lipinski definition) is 1. The molecule has 0 aromatic heterocycles. The maximum absolute atomic E-state index is 9.76. The number of nitrogens with zero attached hydrogens (tertiary/aromatic N) is 1. The van der Waals surface area contributed by atoms with Crippen LogP contribution in [0.5, 0.6) is 0 Å². The summed E-state index contributed by atoms with van der Waals surface area (Å²) in [5.74, 6) is 0. The second kappa shape index (κ2) is 3.99. The van der Waals surface area contributed by atoms with Gasteiger partial charge in [0.05, 0.1) is 0 Å². The van der Waals surface area contributed by atoms with Crippen LogP contribution in [0.1, 0.15) is 6.92 Å². The zero-order chi connectivity index (χ0) is 6.57. The van der Waals surface area contributed by atoms with Crippen LogP contribution in [0.2, 0.25) is 0 Å². The molecule has 8 heavy (non-hydrogen) atoms. The van der Waals surface area contributed by atoms with E-state index in [-0.39, 0.29) is 4.90 Å². The van der Waals surface area contributed by atoms with Gasteiger partial charge in [0.2, 0.25) is 0 Å². The third-order valence-electron chi connectivity index (χ3n) is 0.391. The van der Waals surface area contributed by atoms with Crippen LogP contribution in [-0.4, -0.2) is 20.4 Å². The first-order valence-corrected chi connectivity index (χ1v) is 4.85. The fraction of sp³-hybridized carbons (Fsp3) is 0.333. The summed E-state index contributed by atoms with van der Waals surface area (Å²) < 4.78 is 0.719. The molecule has 0 bridgehead atoms. The molecule has 49 valence electrons. The minimum absolute atomic E-state index is 0.244. The molecule has 0 rings (SSSR count). The summed E-state index contributed by atoms with van der Waals surface area (Å²) in [6, 6.07) is 0. The normalized spacial score (nSPS) is 15.2. The summed E-state index contributed by atoms with van der Waals surface area (Å²) in [6.07, 6.45) is 1.05. The van der Waals surface area contributed by atoms with Crippen molar-refractivity contribution in [2.75, 3.05) is 0 Å². The summed E-state index contributed by atoms with van der Waals surface area (Å²) in [5, 5.41) is 17.8. The van der Waals surface area contributed by atoms with Crippen LogP contribution in [0.25, 0.3) is 0 Å². The molecule has 0 heterocycles. The molecule has 0 radical (unpaired) electrons. The second-order valence-corrected chi connectivity index (χ2v) is 3.56. The average Bonchev–Trinajstić information content (AvgIpc) is 1.65. The first-order chi connectivity index (χ1) is 3.66. The van der Waals surface area contributed by atoms with Crippen LogP contribution in [0.15, 0.2) is 0 Å². The Kier molecular flexibility index (Phi) is 4.01. The third-order valence-corrected chi connectivity index (χ3v) is 2.38. The van der Waals surface area contributed by atoms with Gasteiger partial charge in [0, 0.05) is 0 Å². The van der Waals surface area contributed by atoms with Crippen LogP contribution < -0.4 is 0 Å². The zero-order valence-electron chi connectivity index (χ0n) is 4.11. The topological polar surface area (TPSA) is 46.3 Å². The molecule has 0 aromatic carbocycles. The Labute approximate surface area is 58.3 Å². The Morgan fingerprint density at radius 2 is 2.50 bits per heavy atom. The van der Waals surface area contributed by atoms with Crippen LogP contribution >= 0.6 is 9.69 Å². The van der Waals surface area contributed by atoms with Gasteiger partial charge in [0.15, 0.2) is 0 Å². The van der Waals surface area contributed by atoms with Crippen LogP contribution in [0.3, 0.4) is 0 Å². The van der Waals surface area contributed by atoms with Crippen molar-refractivity contribution < 1.29 is 25.8 Å². The molecule has 3 nitrogen and oxygen atoms in total. The van der Waals surface area contributed by atoms with Gasteiger partial charge in [-0.05, 0) is 0 Å². The van der Waals surface area contributed by atoms with E-state index in [4.69, 9.17) is 14.9 Å². The van der Waals surface area contributed by atoms with E-state index < -0.39 is 15.7 Å². The molecule has 0 aliphatic rings. The number of halogens is 1. The molecule has 0 amide bonds. The molecule has 0 atom stereocenters. The van der Waals surface area contributed by atoms with E-state index in [0.717, 1.165) is 10.3 Å². The minimum atomic E-state index is -0.408. The molecular weight excluding hydrogens is 219 g/mol. The summed E-state index contributed by atoms with van der Waals surface area (Å²) in [7, 11) is 5.34. The van der Waals surface area contributed by atoms with Gasteiger partial charge in [0.1, 0.15) is 0 Å². The molecule has 0 unspecified atom stereocenters. The first kappa shape index (κ1) is 8.05. The van der Waals surface area contributed by atoms with Gasteiger partial charge >= 0.3 is 57.9 Å². The Morgan fingerprint density at radius 1 is 2.00 bits per heavy atom. The van der Waals surface area contributed by atoms with Gasteiger partial charge in [-0.25, -0.2) is 0 Å². The molecule has 0 aromatic rings. The van der Waals surface area contributed by atoms with Crippen LogP contribution in [0, 0.1) is 5.21 Å². The molecule has 0 saturated carbocycles. The summed E-state index contributed by atoms with van der Waals surface area (Å²) in [4.78, 5) is -0.244. The van der Waals surface area contributed by atoms with Gasteiger partial charge < -0.3 is 0 Å². The van der Waals surface area contributed by atoms with Crippen molar-refractivity contribution in [2.24, 2.45) is 0 Å². The molecule has 0 aliphatic carbocycles. The summed E-state index contributed by atoms with van der Waals surface area (Å²) >= 11 is -0.408. The standard InChI is InChI=1S/C3H5NO2.ClH.Ru/c1-2-3-4(5)6;;/h3H,1H3,(H,5,6);1H;/q;;+1/p-1. The predicted molar refractivity (Wildman–Crippen MR) is 28.0 cm³/mol. The zero-order valence-corrected chi connectivity index (χ0v) is 6.61. The maximum atomic E-state index is 9.76. The fourth-order valence-electron chi connectivity index (χ4n) is 0.167. The molecule has 0 fully saturated rings. The molecule has 5 heteroatoms. The summed E-state index contributed by atoms with van der Waals surface area (Å²) in [5.41, 5.74) is 0. The molecular formula is C3H5ClNO2Ru. The average molecular weight is 224 g/mol. The van der Waals surface area contributed by atoms with Crippen LogP contribution in [0.4, 0.5) is 0 Å². The van der Waals surface area contributed by atoms with Crippen molar-refractivity contribution in [3.8, 4) is 0 Å². The van der Waals surface area contributed by atoms with E-state index in [2.05, 4.69) is 0 Å². The van der Waals surface area contributed by atoms with E-state index in [9.17, 15) is 5.21 Å². The van der Waals surface area contributed by atoms with Gasteiger partial charge in [0.25, 0.3) is 0 Å². The number of hydrogen-bond acceptors (Lipinski definition) is 2. The van der Waals surface area contributed by atoms with E-state index in [1.165, 1.54) is 0 Å². The predicted octanol–water partition coefficient (Wildman–Crippen LogP) is 0.385. The first-order valence-electron chi connectivity index (χ1n) is 1.74. The molecule has 0 spiro atoms. The van der Waals surface area contributed by atoms with Crippen molar-refractivity contribution in [1.29, 1.82) is 0 Å². The second-order valence-electron chi connectivity index (χ2n) is 1.07. The quantitative estimate of drug-likeness (QED) is 0.230. The van der Waals surface area contributed by atoms with Crippen LogP contribution in [-0.2, 0) is 15.7 Å². The van der Waals surface area contributed by atoms with E-state index in [1.807, 2.05) is 0 Å². The third kappa shape index (κ3) is 4.22. The van der Waals surface area contributed by atoms with E-state index in [1.54, 1.807) is 6.92 Å². The van der Waals surface area contributed by atoms with Gasteiger partial charge in [-0.1, -0.05) is 0 Å². The Balaban J connectivity index is 3.89. The van der Waals surface area contributed by atoms with Crippen molar-refractivity contribution in [1.82, 2.24) is 0 Å². The SMILES string of the molecule is C[C](C=[N+]([O-])O)=[Ru][Cl]. The molecule has 0 saturated heterocycles.